The fourth-order valence-electron chi connectivity index (χ4n) is 4.43. The number of fused-ring (bicyclic) bond motifs is 1. The van der Waals surface area contributed by atoms with Gasteiger partial charge in [-0.05, 0) is 69.1 Å². The highest BCUT2D eigenvalue weighted by atomic mass is 35.5. The van der Waals surface area contributed by atoms with E-state index in [4.69, 9.17) is 15.2 Å². The first kappa shape index (κ1) is 33.6. The second-order valence-electron chi connectivity index (χ2n) is 9.29. The van der Waals surface area contributed by atoms with Gasteiger partial charge < -0.3 is 30.4 Å². The van der Waals surface area contributed by atoms with Crippen LogP contribution in [-0.4, -0.2) is 49.1 Å². The van der Waals surface area contributed by atoms with Crippen molar-refractivity contribution in [3.05, 3.63) is 83.2 Å². The molecule has 41 heavy (non-hydrogen) atoms. The average molecular weight is 603 g/mol. The first-order valence-electron chi connectivity index (χ1n) is 13.0. The van der Waals surface area contributed by atoms with Crippen molar-refractivity contribution in [1.29, 1.82) is 0 Å². The van der Waals surface area contributed by atoms with Gasteiger partial charge in [0.05, 0.1) is 30.5 Å². The number of carbonyl (C=O) groups is 2. The number of aromatic amines is 1. The minimum atomic E-state index is -0.321. The highest BCUT2D eigenvalue weighted by Crippen LogP contribution is 2.29. The van der Waals surface area contributed by atoms with Crippen molar-refractivity contribution < 1.29 is 19.1 Å². The Kier molecular flexibility index (Phi) is 13.1. The monoisotopic (exact) mass is 601 g/mol. The number of hydrogen-bond acceptors (Lipinski definition) is 6. The van der Waals surface area contributed by atoms with Crippen molar-refractivity contribution in [2.24, 2.45) is 5.73 Å². The van der Waals surface area contributed by atoms with E-state index in [-0.39, 0.29) is 36.6 Å². The number of rotatable bonds is 12. The number of unbranched alkanes of at least 4 members (excludes halogenated alkanes) is 2. The molecule has 2 amide bonds. The van der Waals surface area contributed by atoms with Crippen LogP contribution in [0.3, 0.4) is 0 Å². The van der Waals surface area contributed by atoms with Crippen molar-refractivity contribution in [3.63, 3.8) is 0 Å². The maximum Gasteiger partial charge on any atom is 0.258 e. The predicted molar refractivity (Wildman–Crippen MR) is 168 cm³/mol. The molecule has 3 aromatic carbocycles. The lowest BCUT2D eigenvalue weighted by Gasteiger charge is -2.21. The molecule has 0 aliphatic heterocycles. The molecule has 1 heterocycles. The van der Waals surface area contributed by atoms with Gasteiger partial charge in [-0.3, -0.25) is 9.59 Å². The molecule has 0 bridgehead atoms. The molecule has 0 aliphatic rings. The number of halogens is 2. The number of para-hydroxylation sites is 2. The number of nitrogens with one attached hydrogen (secondary N) is 2. The summed E-state index contributed by atoms with van der Waals surface area (Å²) in [7, 11) is 3.23. The maximum absolute atomic E-state index is 13.4. The Morgan fingerprint density at radius 1 is 1.02 bits per heavy atom. The Morgan fingerprint density at radius 3 is 2.56 bits per heavy atom. The summed E-state index contributed by atoms with van der Waals surface area (Å²) in [5, 5.41) is 2.89. The molecule has 0 unspecified atom stereocenters. The summed E-state index contributed by atoms with van der Waals surface area (Å²) < 4.78 is 11.4. The Morgan fingerprint density at radius 2 is 1.80 bits per heavy atom. The standard InChI is InChI=1S/C30H35N5O4.2ClH/c1-20-32-25-12-9-11-23(28(25)33-20)29(36)34-24-15-14-21(18-27(24)38-3)30(37)35(2)26-13-6-5-10-22(26)19-39-17-8-4-7-16-31;;/h5-6,9-15,18H,4,7-8,16-17,19,31H2,1-3H3,(H,32,33)(H,34,36);2*1H. The summed E-state index contributed by atoms with van der Waals surface area (Å²) in [6.45, 7) is 3.58. The number of anilines is 2. The van der Waals surface area contributed by atoms with E-state index in [0.717, 1.165) is 41.9 Å². The summed E-state index contributed by atoms with van der Waals surface area (Å²) in [5.41, 5.74) is 9.94. The van der Waals surface area contributed by atoms with Gasteiger partial charge in [0.2, 0.25) is 0 Å². The van der Waals surface area contributed by atoms with Gasteiger partial charge in [-0.15, -0.1) is 24.8 Å². The topological polar surface area (TPSA) is 123 Å². The van der Waals surface area contributed by atoms with E-state index >= 15 is 0 Å². The van der Waals surface area contributed by atoms with Crippen LogP contribution < -0.4 is 20.7 Å². The highest BCUT2D eigenvalue weighted by molar-refractivity contribution is 6.12. The largest absolute Gasteiger partial charge is 0.495 e. The van der Waals surface area contributed by atoms with E-state index in [9.17, 15) is 9.59 Å². The quantitative estimate of drug-likeness (QED) is 0.174. The summed E-state index contributed by atoms with van der Waals surface area (Å²) in [4.78, 5) is 35.7. The number of ether oxygens (including phenoxy) is 2. The van der Waals surface area contributed by atoms with Gasteiger partial charge in [0.15, 0.2) is 0 Å². The first-order chi connectivity index (χ1) is 18.9. The van der Waals surface area contributed by atoms with Crippen LogP contribution in [0.4, 0.5) is 11.4 Å². The molecule has 4 rings (SSSR count). The lowest BCUT2D eigenvalue weighted by Crippen LogP contribution is -2.27. The molecule has 9 nitrogen and oxygen atoms in total. The minimum absolute atomic E-state index is 0. The average Bonchev–Trinajstić information content (AvgIpc) is 3.34. The van der Waals surface area contributed by atoms with E-state index < -0.39 is 0 Å². The normalized spacial score (nSPS) is 10.4. The third kappa shape index (κ3) is 8.20. The Labute approximate surface area is 252 Å². The molecular formula is C30H37Cl2N5O4. The molecule has 0 atom stereocenters. The molecule has 0 saturated heterocycles. The van der Waals surface area contributed by atoms with Gasteiger partial charge >= 0.3 is 0 Å². The van der Waals surface area contributed by atoms with Gasteiger partial charge in [0.25, 0.3) is 11.8 Å². The zero-order valence-electron chi connectivity index (χ0n) is 23.4. The van der Waals surface area contributed by atoms with E-state index in [1.807, 2.05) is 37.3 Å². The summed E-state index contributed by atoms with van der Waals surface area (Å²) in [5.74, 6) is 0.574. The number of benzene rings is 3. The van der Waals surface area contributed by atoms with Crippen LogP contribution in [0.25, 0.3) is 11.0 Å². The number of methoxy groups -OCH3 is 1. The smallest absolute Gasteiger partial charge is 0.258 e. The first-order valence-corrected chi connectivity index (χ1v) is 13.0. The third-order valence-corrected chi connectivity index (χ3v) is 6.48. The Balaban J connectivity index is 0.00000294. The number of nitrogens with two attached hydrogens (primary N) is 1. The SMILES string of the molecule is COc1cc(C(=O)N(C)c2ccccc2COCCCCCN)ccc1NC(=O)c1cccc2[nH]c(C)nc12.Cl.Cl. The predicted octanol–water partition coefficient (Wildman–Crippen LogP) is 5.90. The van der Waals surface area contributed by atoms with Gasteiger partial charge in [-0.25, -0.2) is 4.98 Å². The van der Waals surface area contributed by atoms with Crippen LogP contribution in [0, 0.1) is 6.92 Å². The second kappa shape index (κ2) is 16.0. The zero-order valence-corrected chi connectivity index (χ0v) is 25.1. The fourth-order valence-corrected chi connectivity index (χ4v) is 4.43. The van der Waals surface area contributed by atoms with Crippen LogP contribution in [0.1, 0.15) is 51.4 Å². The molecule has 1 aromatic heterocycles. The number of amides is 2. The van der Waals surface area contributed by atoms with Crippen LogP contribution in [0.15, 0.2) is 60.7 Å². The molecular weight excluding hydrogens is 565 g/mol. The number of aryl methyl sites for hydroxylation is 1. The number of imidazole rings is 1. The maximum atomic E-state index is 13.4. The van der Waals surface area contributed by atoms with Crippen molar-refractivity contribution in [3.8, 4) is 5.75 Å². The van der Waals surface area contributed by atoms with Gasteiger partial charge in [0.1, 0.15) is 17.1 Å². The number of aromatic nitrogens is 2. The summed E-state index contributed by atoms with van der Waals surface area (Å²) in [6.07, 6.45) is 2.98. The van der Waals surface area contributed by atoms with Crippen LogP contribution in [-0.2, 0) is 11.3 Å². The fraction of sp³-hybridized carbons (Fsp3) is 0.300. The van der Waals surface area contributed by atoms with E-state index in [0.29, 0.717) is 47.8 Å². The van der Waals surface area contributed by atoms with Crippen LogP contribution >= 0.6 is 24.8 Å². The van der Waals surface area contributed by atoms with E-state index in [1.165, 1.54) is 7.11 Å². The van der Waals surface area contributed by atoms with Gasteiger partial charge in [-0.1, -0.05) is 24.3 Å². The molecule has 0 aliphatic carbocycles. The van der Waals surface area contributed by atoms with Gasteiger partial charge in [0, 0.05) is 30.5 Å². The molecule has 0 radical (unpaired) electrons. The molecule has 0 fully saturated rings. The number of H-pyrrole nitrogens is 1. The lowest BCUT2D eigenvalue weighted by molar-refractivity contribution is 0.0989. The number of nitrogens with zero attached hydrogens (tertiary/aromatic N) is 2. The second-order valence-corrected chi connectivity index (χ2v) is 9.29. The molecule has 11 heteroatoms. The molecule has 4 N–H and O–H groups in total. The van der Waals surface area contributed by atoms with Crippen molar-refractivity contribution >= 4 is 59.0 Å². The third-order valence-electron chi connectivity index (χ3n) is 6.48. The summed E-state index contributed by atoms with van der Waals surface area (Å²) in [6, 6.07) is 18.0. The minimum Gasteiger partial charge on any atom is -0.495 e. The van der Waals surface area contributed by atoms with Crippen molar-refractivity contribution in [2.45, 2.75) is 32.8 Å². The Bertz CT molecular complexity index is 1460. The van der Waals surface area contributed by atoms with Crippen molar-refractivity contribution in [1.82, 2.24) is 9.97 Å². The van der Waals surface area contributed by atoms with E-state index in [2.05, 4.69) is 15.3 Å². The van der Waals surface area contributed by atoms with Gasteiger partial charge in [-0.2, -0.15) is 0 Å². The Hall–Kier alpha value is -3.63. The number of carbonyl (C=O) groups excluding carboxylic acids is 2. The van der Waals surface area contributed by atoms with E-state index in [1.54, 1.807) is 42.3 Å². The zero-order chi connectivity index (χ0) is 27.8. The molecule has 0 saturated carbocycles. The lowest BCUT2D eigenvalue weighted by atomic mass is 10.1. The van der Waals surface area contributed by atoms with Crippen LogP contribution in [0.5, 0.6) is 5.75 Å². The molecule has 0 spiro atoms. The molecule has 220 valence electrons. The summed E-state index contributed by atoms with van der Waals surface area (Å²) >= 11 is 0. The highest BCUT2D eigenvalue weighted by Gasteiger charge is 2.20. The number of hydrogen-bond donors (Lipinski definition) is 3. The van der Waals surface area contributed by atoms with Crippen LogP contribution in [0.2, 0.25) is 0 Å². The van der Waals surface area contributed by atoms with Crippen molar-refractivity contribution in [2.75, 3.05) is 37.5 Å². The molecule has 4 aromatic rings.